The molecule has 0 rings (SSSR count). The van der Waals surface area contributed by atoms with E-state index in [0.29, 0.717) is 19.4 Å². The van der Waals surface area contributed by atoms with Gasteiger partial charge >= 0.3 is 5.97 Å². The van der Waals surface area contributed by atoms with Crippen molar-refractivity contribution in [3.63, 3.8) is 0 Å². The topological polar surface area (TPSA) is 95.9 Å². The predicted molar refractivity (Wildman–Crippen MR) is 361 cm³/mol. The highest BCUT2D eigenvalue weighted by Gasteiger charge is 2.18. The Kier molecular flexibility index (Phi) is 68.9. The lowest BCUT2D eigenvalue weighted by Gasteiger charge is -2.20. The normalized spacial score (nSPS) is 12.9. The summed E-state index contributed by atoms with van der Waals surface area (Å²) in [6.45, 7) is 4.88. The van der Waals surface area contributed by atoms with Crippen LogP contribution in [0.25, 0.3) is 0 Å². The third-order valence-electron chi connectivity index (χ3n) is 16.8. The summed E-state index contributed by atoms with van der Waals surface area (Å²) in [6.07, 6.45) is 94.5. The summed E-state index contributed by atoms with van der Waals surface area (Å²) < 4.78 is 5.48. The van der Waals surface area contributed by atoms with Crippen LogP contribution in [0.15, 0.2) is 60.8 Å². The lowest BCUT2D eigenvalue weighted by molar-refractivity contribution is -0.143. The molecule has 480 valence electrons. The van der Waals surface area contributed by atoms with Crippen LogP contribution in [0.1, 0.15) is 386 Å². The average molecular weight is 1150 g/mol. The van der Waals surface area contributed by atoms with Crippen LogP contribution in [0.4, 0.5) is 0 Å². The molecule has 0 aromatic heterocycles. The van der Waals surface area contributed by atoms with Gasteiger partial charge in [0.15, 0.2) is 0 Å². The van der Waals surface area contributed by atoms with Crippen molar-refractivity contribution in [3.8, 4) is 0 Å². The minimum absolute atomic E-state index is 0.00305. The number of aliphatic hydroxyl groups excluding tert-OH is 2. The number of allylic oxidation sites excluding steroid dienone is 9. The van der Waals surface area contributed by atoms with E-state index in [9.17, 15) is 19.8 Å². The summed E-state index contributed by atoms with van der Waals surface area (Å²) in [5, 5.41) is 23.3. The Labute approximate surface area is 511 Å². The van der Waals surface area contributed by atoms with E-state index >= 15 is 0 Å². The molecule has 0 heterocycles. The maximum atomic E-state index is 12.5. The number of amides is 1. The molecule has 1 amide bonds. The van der Waals surface area contributed by atoms with Crippen LogP contribution in [-0.2, 0) is 14.3 Å². The fraction of sp³-hybridized carbons (Fsp3) is 0.842. The molecule has 0 fully saturated rings. The first kappa shape index (κ1) is 79.6. The Morgan fingerprint density at radius 2 is 0.622 bits per heavy atom. The number of carbonyl (C=O) groups excluding carboxylic acids is 2. The summed E-state index contributed by atoms with van der Waals surface area (Å²) in [6, 6.07) is -0.631. The van der Waals surface area contributed by atoms with Crippen LogP contribution in [0.5, 0.6) is 0 Å². The summed E-state index contributed by atoms with van der Waals surface area (Å²) in [5.41, 5.74) is 0. The number of unbranched alkanes of at least 4 members (excludes halogenated alkanes) is 49. The summed E-state index contributed by atoms with van der Waals surface area (Å²) in [5.74, 6) is -0.0690. The van der Waals surface area contributed by atoms with Gasteiger partial charge < -0.3 is 20.3 Å². The summed E-state index contributed by atoms with van der Waals surface area (Å²) >= 11 is 0. The molecule has 0 bridgehead atoms. The molecule has 82 heavy (non-hydrogen) atoms. The molecule has 0 saturated heterocycles. The third kappa shape index (κ3) is 66.7. The molecule has 0 aliphatic rings. The highest BCUT2D eigenvalue weighted by molar-refractivity contribution is 5.76. The Hall–Kier alpha value is -2.44. The van der Waals surface area contributed by atoms with Gasteiger partial charge in [-0.25, -0.2) is 0 Å². The van der Waals surface area contributed by atoms with Crippen molar-refractivity contribution in [3.05, 3.63) is 60.8 Å². The average Bonchev–Trinajstić information content (AvgIpc) is 3.48. The van der Waals surface area contributed by atoms with Crippen molar-refractivity contribution in [1.82, 2.24) is 5.32 Å². The Morgan fingerprint density at radius 1 is 0.341 bits per heavy atom. The molecule has 0 aliphatic carbocycles. The van der Waals surface area contributed by atoms with Crippen LogP contribution in [0, 0.1) is 0 Å². The van der Waals surface area contributed by atoms with Gasteiger partial charge in [0.05, 0.1) is 25.4 Å². The van der Waals surface area contributed by atoms with E-state index in [4.69, 9.17) is 4.74 Å². The highest BCUT2D eigenvalue weighted by Crippen LogP contribution is 2.18. The third-order valence-corrected chi connectivity index (χ3v) is 16.8. The van der Waals surface area contributed by atoms with Crippen molar-refractivity contribution >= 4 is 11.9 Å². The zero-order chi connectivity index (χ0) is 59.2. The molecular formula is C76H141NO5. The molecule has 3 N–H and O–H groups in total. The lowest BCUT2D eigenvalue weighted by atomic mass is 10.0. The minimum atomic E-state index is -0.848. The van der Waals surface area contributed by atoms with E-state index in [0.717, 1.165) is 57.8 Å². The van der Waals surface area contributed by atoms with Gasteiger partial charge in [-0.15, -0.1) is 0 Å². The molecule has 0 radical (unpaired) electrons. The van der Waals surface area contributed by atoms with Crippen LogP contribution in [0.3, 0.4) is 0 Å². The first-order valence-corrected chi connectivity index (χ1v) is 36.6. The zero-order valence-corrected chi connectivity index (χ0v) is 55.0. The SMILES string of the molecule is CCCC/C=C\C/C=C\CCCCCCCC(=O)OCCCCCCCCCCC/C=C\C/C=C\CCCCCCCCCCCCCCCC(=O)NC(CO)C(O)/C=C/CCCCCCCCCCCCCCCCCCCCCC. The number of carbonyl (C=O) groups is 2. The number of aliphatic hydroxyl groups is 2. The molecule has 0 spiro atoms. The van der Waals surface area contributed by atoms with E-state index in [-0.39, 0.29) is 18.5 Å². The van der Waals surface area contributed by atoms with Crippen LogP contribution in [-0.4, -0.2) is 47.4 Å². The molecule has 0 aromatic carbocycles. The van der Waals surface area contributed by atoms with Gasteiger partial charge in [-0.1, -0.05) is 344 Å². The van der Waals surface area contributed by atoms with Crippen molar-refractivity contribution in [2.24, 2.45) is 0 Å². The number of rotatable bonds is 68. The zero-order valence-electron chi connectivity index (χ0n) is 55.0. The quantitative estimate of drug-likeness (QED) is 0.0320. The van der Waals surface area contributed by atoms with E-state index in [2.05, 4.69) is 67.8 Å². The number of ether oxygens (including phenoxy) is 1. The first-order valence-electron chi connectivity index (χ1n) is 36.6. The van der Waals surface area contributed by atoms with Gasteiger partial charge in [0, 0.05) is 12.8 Å². The lowest BCUT2D eigenvalue weighted by Crippen LogP contribution is -2.45. The van der Waals surface area contributed by atoms with Gasteiger partial charge in [0.1, 0.15) is 0 Å². The molecular weight excluding hydrogens is 1010 g/mol. The molecule has 6 nitrogen and oxygen atoms in total. The van der Waals surface area contributed by atoms with E-state index in [1.54, 1.807) is 6.08 Å². The largest absolute Gasteiger partial charge is 0.466 e. The Balaban J connectivity index is 3.44. The van der Waals surface area contributed by atoms with Gasteiger partial charge in [-0.2, -0.15) is 0 Å². The van der Waals surface area contributed by atoms with Crippen LogP contribution >= 0.6 is 0 Å². The number of hydrogen-bond acceptors (Lipinski definition) is 5. The summed E-state index contributed by atoms with van der Waals surface area (Å²) in [7, 11) is 0. The molecule has 6 heteroatoms. The van der Waals surface area contributed by atoms with Crippen molar-refractivity contribution in [1.29, 1.82) is 0 Å². The predicted octanol–water partition coefficient (Wildman–Crippen LogP) is 23.8. The second kappa shape index (κ2) is 71.0. The molecule has 2 unspecified atom stereocenters. The van der Waals surface area contributed by atoms with Crippen molar-refractivity contribution in [2.45, 2.75) is 398 Å². The monoisotopic (exact) mass is 1150 g/mol. The van der Waals surface area contributed by atoms with Crippen LogP contribution in [0.2, 0.25) is 0 Å². The minimum Gasteiger partial charge on any atom is -0.466 e. The standard InChI is InChI=1S/C76H141NO5/c1-3-5-7-9-11-13-15-17-19-20-21-22-32-35-38-41-44-48-52-56-60-64-68-74(79)73(72-78)77-75(80)69-65-61-57-53-49-45-42-39-36-33-30-28-26-24-23-25-27-29-31-34-37-40-43-47-51-55-59-63-67-71-82-76(81)70-66-62-58-54-50-46-18-16-14-12-10-8-6-4-2/h10,12,16,18,23,25,29,31,64,68,73-74,78-79H,3-9,11,13-15,17,19-22,24,26-28,30,32-63,65-67,69-72H2,1-2H3,(H,77,80)/b12-10-,18-16-,25-23-,31-29-,68-64+. The van der Waals surface area contributed by atoms with Gasteiger partial charge in [0.2, 0.25) is 5.91 Å². The van der Waals surface area contributed by atoms with Crippen molar-refractivity contribution in [2.75, 3.05) is 13.2 Å². The van der Waals surface area contributed by atoms with E-state index in [1.165, 1.54) is 302 Å². The molecule has 0 saturated carbocycles. The number of hydrogen-bond donors (Lipinski definition) is 3. The second-order valence-electron chi connectivity index (χ2n) is 24.9. The van der Waals surface area contributed by atoms with E-state index in [1.807, 2.05) is 6.08 Å². The first-order chi connectivity index (χ1) is 40.5. The number of nitrogens with one attached hydrogen (secondary N) is 1. The fourth-order valence-corrected chi connectivity index (χ4v) is 11.2. The Morgan fingerprint density at radius 3 is 0.963 bits per heavy atom. The molecule has 2 atom stereocenters. The second-order valence-corrected chi connectivity index (χ2v) is 24.9. The Bertz CT molecular complexity index is 1420. The van der Waals surface area contributed by atoms with Gasteiger partial charge in [-0.3, -0.25) is 9.59 Å². The fourth-order valence-electron chi connectivity index (χ4n) is 11.2. The van der Waals surface area contributed by atoms with E-state index < -0.39 is 12.1 Å². The highest BCUT2D eigenvalue weighted by atomic mass is 16.5. The maximum absolute atomic E-state index is 12.5. The van der Waals surface area contributed by atoms with Crippen molar-refractivity contribution < 1.29 is 24.5 Å². The molecule has 0 aliphatic heterocycles. The smallest absolute Gasteiger partial charge is 0.305 e. The van der Waals surface area contributed by atoms with Crippen LogP contribution < -0.4 is 5.32 Å². The summed E-state index contributed by atoms with van der Waals surface area (Å²) in [4.78, 5) is 24.6. The maximum Gasteiger partial charge on any atom is 0.305 e. The van der Waals surface area contributed by atoms with Gasteiger partial charge in [0.25, 0.3) is 0 Å². The number of esters is 1. The van der Waals surface area contributed by atoms with Gasteiger partial charge in [-0.05, 0) is 89.9 Å². The molecule has 0 aromatic rings.